The van der Waals surface area contributed by atoms with E-state index in [1.165, 1.54) is 12.0 Å². The van der Waals surface area contributed by atoms with Gasteiger partial charge in [-0.2, -0.15) is 0 Å². The van der Waals surface area contributed by atoms with E-state index in [9.17, 15) is 4.79 Å². The zero-order chi connectivity index (χ0) is 16.9. The lowest BCUT2D eigenvalue weighted by Crippen LogP contribution is -2.39. The van der Waals surface area contributed by atoms with Crippen LogP contribution < -0.4 is 10.6 Å². The number of rotatable bonds is 10. The molecule has 0 saturated carbocycles. The molecule has 1 aromatic rings. The Morgan fingerprint density at radius 3 is 2.67 bits per heavy atom. The standard InChI is InChI=1S/C17H29N3O2S.HI/c1-14(15-9-8-12-23-15)13-20-17(18-2)19-11-7-5-4-6-10-16(21)22-3;/h8-9,12,14H,4-7,10-11,13H2,1-3H3,(H2,18,19,20);1H. The zero-order valence-electron chi connectivity index (χ0n) is 14.8. The van der Waals surface area contributed by atoms with Gasteiger partial charge in [0.25, 0.3) is 0 Å². The molecule has 0 fully saturated rings. The first-order valence-corrected chi connectivity index (χ1v) is 9.10. The van der Waals surface area contributed by atoms with Crippen LogP contribution in [0.4, 0.5) is 0 Å². The van der Waals surface area contributed by atoms with Crippen LogP contribution in [0.3, 0.4) is 0 Å². The van der Waals surface area contributed by atoms with E-state index in [0.29, 0.717) is 12.3 Å². The number of hydrogen-bond donors (Lipinski definition) is 2. The van der Waals surface area contributed by atoms with Crippen LogP contribution in [-0.4, -0.2) is 39.2 Å². The number of carbonyl (C=O) groups excluding carboxylic acids is 1. The molecular weight excluding hydrogens is 437 g/mol. The highest BCUT2D eigenvalue weighted by Crippen LogP contribution is 2.19. The van der Waals surface area contributed by atoms with Crippen molar-refractivity contribution in [2.45, 2.75) is 44.9 Å². The van der Waals surface area contributed by atoms with Crippen LogP contribution in [0.1, 0.15) is 49.8 Å². The van der Waals surface area contributed by atoms with Crippen LogP contribution in [-0.2, 0) is 9.53 Å². The first-order chi connectivity index (χ1) is 11.2. The highest BCUT2D eigenvalue weighted by molar-refractivity contribution is 14.0. The van der Waals surface area contributed by atoms with Gasteiger partial charge in [-0.15, -0.1) is 35.3 Å². The molecule has 1 rings (SSSR count). The number of unbranched alkanes of at least 4 members (excludes halogenated alkanes) is 3. The Morgan fingerprint density at radius 2 is 2.04 bits per heavy atom. The monoisotopic (exact) mass is 467 g/mol. The number of methoxy groups -OCH3 is 1. The van der Waals surface area contributed by atoms with Crippen molar-refractivity contribution in [3.8, 4) is 0 Å². The Kier molecular flexibility index (Phi) is 14.0. The maximum atomic E-state index is 11.0. The van der Waals surface area contributed by atoms with Crippen molar-refractivity contribution in [3.63, 3.8) is 0 Å². The molecule has 0 bridgehead atoms. The number of hydrogen-bond acceptors (Lipinski definition) is 4. The van der Waals surface area contributed by atoms with Gasteiger partial charge in [0.15, 0.2) is 5.96 Å². The normalized spacial score (nSPS) is 12.2. The van der Waals surface area contributed by atoms with Crippen molar-refractivity contribution in [2.75, 3.05) is 27.2 Å². The SMILES string of the molecule is CN=C(NCCCCCCC(=O)OC)NCC(C)c1cccs1.I. The number of ether oxygens (including phenoxy) is 1. The number of nitrogens with one attached hydrogen (secondary N) is 2. The third kappa shape index (κ3) is 10.1. The quantitative estimate of drug-likeness (QED) is 0.181. The maximum Gasteiger partial charge on any atom is 0.305 e. The van der Waals surface area contributed by atoms with Gasteiger partial charge in [0.1, 0.15) is 0 Å². The average Bonchev–Trinajstić information content (AvgIpc) is 3.10. The van der Waals surface area contributed by atoms with Gasteiger partial charge in [-0.1, -0.05) is 25.8 Å². The van der Waals surface area contributed by atoms with Crippen LogP contribution in [0.2, 0.25) is 0 Å². The van der Waals surface area contributed by atoms with Crippen LogP contribution in [0.5, 0.6) is 0 Å². The number of aliphatic imine (C=N–C) groups is 1. The van der Waals surface area contributed by atoms with Gasteiger partial charge in [0.2, 0.25) is 0 Å². The Labute approximate surface area is 166 Å². The third-order valence-electron chi connectivity index (χ3n) is 3.66. The molecule has 0 radical (unpaired) electrons. The summed E-state index contributed by atoms with van der Waals surface area (Å²) in [5.74, 6) is 1.21. The lowest BCUT2D eigenvalue weighted by Gasteiger charge is -2.15. The molecule has 0 saturated heterocycles. The molecule has 138 valence electrons. The summed E-state index contributed by atoms with van der Waals surface area (Å²) in [5.41, 5.74) is 0. The lowest BCUT2D eigenvalue weighted by atomic mass is 10.1. The fraction of sp³-hybridized carbons (Fsp3) is 0.647. The Balaban J connectivity index is 0.00000529. The van der Waals surface area contributed by atoms with Gasteiger partial charge >= 0.3 is 5.97 Å². The molecule has 0 amide bonds. The minimum Gasteiger partial charge on any atom is -0.469 e. The van der Waals surface area contributed by atoms with Crippen molar-refractivity contribution in [3.05, 3.63) is 22.4 Å². The summed E-state index contributed by atoms with van der Waals surface area (Å²) in [7, 11) is 3.23. The van der Waals surface area contributed by atoms with Crippen LogP contribution in [0.15, 0.2) is 22.5 Å². The molecule has 1 heterocycles. The average molecular weight is 467 g/mol. The molecule has 0 aromatic carbocycles. The number of carbonyl (C=O) groups is 1. The van der Waals surface area contributed by atoms with Gasteiger partial charge in [0.05, 0.1) is 7.11 Å². The van der Waals surface area contributed by atoms with E-state index >= 15 is 0 Å². The number of esters is 1. The summed E-state index contributed by atoms with van der Waals surface area (Å²) in [6, 6.07) is 4.26. The largest absolute Gasteiger partial charge is 0.469 e. The summed E-state index contributed by atoms with van der Waals surface area (Å²) >= 11 is 1.79. The second-order valence-corrected chi connectivity index (χ2v) is 6.52. The number of guanidine groups is 1. The van der Waals surface area contributed by atoms with Gasteiger partial charge in [-0.3, -0.25) is 9.79 Å². The first kappa shape index (κ1) is 23.2. The lowest BCUT2D eigenvalue weighted by molar-refractivity contribution is -0.140. The van der Waals surface area contributed by atoms with Gasteiger partial charge < -0.3 is 15.4 Å². The van der Waals surface area contributed by atoms with Crippen LogP contribution >= 0.6 is 35.3 Å². The van der Waals surface area contributed by atoms with Crippen molar-refractivity contribution in [2.24, 2.45) is 4.99 Å². The topological polar surface area (TPSA) is 62.7 Å². The molecule has 0 aliphatic heterocycles. The van der Waals surface area contributed by atoms with E-state index in [1.807, 2.05) is 0 Å². The molecule has 1 atom stereocenters. The van der Waals surface area contributed by atoms with Crippen molar-refractivity contribution in [1.29, 1.82) is 0 Å². The molecule has 0 aliphatic rings. The summed E-state index contributed by atoms with van der Waals surface area (Å²) in [4.78, 5) is 16.6. The van der Waals surface area contributed by atoms with E-state index in [1.54, 1.807) is 18.4 Å². The Hall–Kier alpha value is -0.830. The fourth-order valence-corrected chi connectivity index (χ4v) is 2.99. The highest BCUT2D eigenvalue weighted by Gasteiger charge is 2.07. The zero-order valence-corrected chi connectivity index (χ0v) is 18.0. The molecule has 0 spiro atoms. The molecule has 1 aromatic heterocycles. The number of halogens is 1. The second-order valence-electron chi connectivity index (χ2n) is 5.54. The van der Waals surface area contributed by atoms with E-state index in [4.69, 9.17) is 0 Å². The van der Waals surface area contributed by atoms with E-state index in [0.717, 1.165) is 44.7 Å². The van der Waals surface area contributed by atoms with E-state index in [2.05, 4.69) is 44.8 Å². The second kappa shape index (κ2) is 14.5. The minimum absolute atomic E-state index is 0. The molecule has 2 N–H and O–H groups in total. The van der Waals surface area contributed by atoms with Gasteiger partial charge in [-0.25, -0.2) is 0 Å². The Bertz CT molecular complexity index is 466. The van der Waals surface area contributed by atoms with E-state index in [-0.39, 0.29) is 29.9 Å². The fourth-order valence-electron chi connectivity index (χ4n) is 2.20. The van der Waals surface area contributed by atoms with E-state index < -0.39 is 0 Å². The van der Waals surface area contributed by atoms with Crippen molar-refractivity contribution >= 4 is 47.2 Å². The molecular formula is C17H30IN3O2S. The molecule has 24 heavy (non-hydrogen) atoms. The summed E-state index contributed by atoms with van der Waals surface area (Å²) in [5, 5.41) is 8.81. The first-order valence-electron chi connectivity index (χ1n) is 8.22. The summed E-state index contributed by atoms with van der Waals surface area (Å²) in [6.45, 7) is 3.98. The van der Waals surface area contributed by atoms with Gasteiger partial charge in [0, 0.05) is 37.4 Å². The maximum absolute atomic E-state index is 11.0. The molecule has 1 unspecified atom stereocenters. The highest BCUT2D eigenvalue weighted by atomic mass is 127. The smallest absolute Gasteiger partial charge is 0.305 e. The number of thiophene rings is 1. The summed E-state index contributed by atoms with van der Waals surface area (Å²) < 4.78 is 4.62. The molecule has 7 heteroatoms. The van der Waals surface area contributed by atoms with Crippen molar-refractivity contribution in [1.82, 2.24) is 10.6 Å². The number of nitrogens with zero attached hydrogens (tertiary/aromatic N) is 1. The predicted molar refractivity (Wildman–Crippen MR) is 113 cm³/mol. The summed E-state index contributed by atoms with van der Waals surface area (Å²) in [6.07, 6.45) is 4.65. The molecule has 0 aliphatic carbocycles. The van der Waals surface area contributed by atoms with Crippen LogP contribution in [0.25, 0.3) is 0 Å². The minimum atomic E-state index is -0.118. The van der Waals surface area contributed by atoms with Gasteiger partial charge in [-0.05, 0) is 24.3 Å². The Morgan fingerprint density at radius 1 is 1.29 bits per heavy atom. The third-order valence-corrected chi connectivity index (χ3v) is 4.76. The van der Waals surface area contributed by atoms with Crippen LogP contribution in [0, 0.1) is 0 Å². The van der Waals surface area contributed by atoms with Crippen molar-refractivity contribution < 1.29 is 9.53 Å². The predicted octanol–water partition coefficient (Wildman–Crippen LogP) is 3.76. The molecule has 5 nitrogen and oxygen atoms in total.